The van der Waals surface area contributed by atoms with Crippen LogP contribution in [0, 0.1) is 5.41 Å². The van der Waals surface area contributed by atoms with E-state index in [0.29, 0.717) is 16.7 Å². The van der Waals surface area contributed by atoms with Crippen molar-refractivity contribution < 1.29 is 52.5 Å². The van der Waals surface area contributed by atoms with E-state index in [9.17, 15) is 28.8 Å². The maximum atomic E-state index is 13.9. The molecular weight excluding hydrogens is 704 g/mol. The van der Waals surface area contributed by atoms with Gasteiger partial charge in [-0.15, -0.1) is 0 Å². The number of carbonyl (C=O) groups is 6. The van der Waals surface area contributed by atoms with Crippen LogP contribution in [0.4, 0.5) is 0 Å². The minimum Gasteiger partial charge on any atom is -0.497 e. The average Bonchev–Trinajstić information content (AvgIpc) is 3.21. The Bertz CT molecular complexity index is 1980. The predicted molar refractivity (Wildman–Crippen MR) is 205 cm³/mol. The fraction of sp³-hybridized carbons (Fsp3) is 0.227. The molecule has 0 saturated heterocycles. The number of Topliss-reactive ketones (excluding diaryl/α,β-unsaturated/α-hetero) is 3. The summed E-state index contributed by atoms with van der Waals surface area (Å²) >= 11 is 0. The van der Waals surface area contributed by atoms with Crippen molar-refractivity contribution in [2.75, 3.05) is 34.0 Å². The molecule has 0 spiro atoms. The Morgan fingerprint density at radius 3 is 1.11 bits per heavy atom. The first kappa shape index (κ1) is 41.1. The lowest BCUT2D eigenvalue weighted by Crippen LogP contribution is -2.40. The Morgan fingerprint density at radius 2 is 0.764 bits per heavy atom. The number of ether oxygens (including phenoxy) is 5. The van der Waals surface area contributed by atoms with Gasteiger partial charge in [-0.1, -0.05) is 92.0 Å². The smallest absolute Gasteiger partial charge is 0.338 e. The zero-order chi connectivity index (χ0) is 40.1. The summed E-state index contributed by atoms with van der Waals surface area (Å²) in [6, 6.07) is 25.4. The van der Waals surface area contributed by atoms with Crippen molar-refractivity contribution in [2.45, 2.75) is 26.7 Å². The summed E-state index contributed by atoms with van der Waals surface area (Å²) in [7, 11) is 2.84. The highest BCUT2D eigenvalue weighted by molar-refractivity contribution is 6.06. The number of carbonyl (C=O) groups excluding carboxylic acids is 6. The molecule has 0 unspecified atom stereocenters. The third-order valence-electron chi connectivity index (χ3n) is 8.93. The van der Waals surface area contributed by atoms with Gasteiger partial charge in [-0.3, -0.25) is 14.4 Å². The number of rotatable bonds is 19. The molecule has 0 atom stereocenters. The summed E-state index contributed by atoms with van der Waals surface area (Å²) in [5.74, 6) is -3.17. The summed E-state index contributed by atoms with van der Waals surface area (Å²) in [5, 5.41) is 0. The van der Waals surface area contributed by atoms with Crippen LogP contribution in [0.2, 0.25) is 0 Å². The largest absolute Gasteiger partial charge is 0.497 e. The van der Waals surface area contributed by atoms with Crippen molar-refractivity contribution in [1.82, 2.24) is 0 Å². The van der Waals surface area contributed by atoms with Crippen LogP contribution < -0.4 is 0 Å². The molecule has 4 rings (SSSR count). The second-order valence-electron chi connectivity index (χ2n) is 12.7. The van der Waals surface area contributed by atoms with Gasteiger partial charge < -0.3 is 23.7 Å². The molecular formula is C44H42O11. The van der Waals surface area contributed by atoms with Gasteiger partial charge in [0.2, 0.25) is 0 Å². The summed E-state index contributed by atoms with van der Waals surface area (Å²) < 4.78 is 28.1. The number of methoxy groups -OCH3 is 2. The van der Waals surface area contributed by atoms with Crippen molar-refractivity contribution in [1.29, 1.82) is 0 Å². The van der Waals surface area contributed by atoms with Gasteiger partial charge in [-0.05, 0) is 38.5 Å². The number of hydrogen-bond acceptors (Lipinski definition) is 11. The lowest BCUT2D eigenvalue weighted by molar-refractivity contribution is -0.0401. The molecule has 0 saturated carbocycles. The minimum absolute atomic E-state index is 0.0108. The normalized spacial score (nSPS) is 10.8. The van der Waals surface area contributed by atoms with Crippen molar-refractivity contribution in [3.63, 3.8) is 0 Å². The average molecular weight is 747 g/mol. The van der Waals surface area contributed by atoms with Gasteiger partial charge >= 0.3 is 17.9 Å². The molecule has 0 heterocycles. The molecule has 0 amide bonds. The number of esters is 3. The summed E-state index contributed by atoms with van der Waals surface area (Å²) in [5.41, 5.74) is -0.0848. The zero-order valence-electron chi connectivity index (χ0n) is 31.2. The number of ketones is 3. The van der Waals surface area contributed by atoms with Gasteiger partial charge in [0.1, 0.15) is 31.3 Å². The topological polar surface area (TPSA) is 149 Å². The van der Waals surface area contributed by atoms with Crippen LogP contribution in [0.5, 0.6) is 0 Å². The third-order valence-corrected chi connectivity index (χ3v) is 8.93. The molecule has 55 heavy (non-hydrogen) atoms. The SMILES string of the molecule is C=C(OC)c1ccccc1C(=O)CCC(COC(=O)c1ccccc1C(=C)OC)(COC(=O)c1ccccc1C(C)=O)COC(=O)c1ccccc1C(C)=O. The maximum Gasteiger partial charge on any atom is 0.338 e. The van der Waals surface area contributed by atoms with E-state index in [1.165, 1.54) is 58.4 Å². The third kappa shape index (κ3) is 10.3. The number of benzene rings is 4. The molecule has 0 N–H and O–H groups in total. The van der Waals surface area contributed by atoms with Crippen LogP contribution in [0.25, 0.3) is 11.5 Å². The van der Waals surface area contributed by atoms with Gasteiger partial charge in [0.25, 0.3) is 0 Å². The standard InChI is InChI=1S/C44H42O11/c1-28(45)32-15-7-12-20-37(32)41(48)53-25-44(26-54-42(49)38-21-13-8-16-33(38)29(2)46,24-23-40(47)36-19-11-9-17-34(36)30(3)51-5)27-55-43(50)39-22-14-10-18-35(39)31(4)52-6/h7-22H,3-4,23-27H2,1-2,5-6H3. The highest BCUT2D eigenvalue weighted by atomic mass is 16.6. The van der Waals surface area contributed by atoms with Crippen molar-refractivity contribution in [3.05, 3.63) is 155 Å². The van der Waals surface area contributed by atoms with E-state index in [-0.39, 0.29) is 69.5 Å². The zero-order valence-corrected chi connectivity index (χ0v) is 31.2. The first-order valence-electron chi connectivity index (χ1n) is 17.2. The van der Waals surface area contributed by atoms with Gasteiger partial charge in [-0.25, -0.2) is 14.4 Å². The second-order valence-corrected chi connectivity index (χ2v) is 12.7. The van der Waals surface area contributed by atoms with Gasteiger partial charge in [0.05, 0.1) is 36.3 Å². The Balaban J connectivity index is 1.76. The highest BCUT2D eigenvalue weighted by Gasteiger charge is 2.38. The molecule has 0 aliphatic heterocycles. The summed E-state index contributed by atoms with van der Waals surface area (Å²) in [6.07, 6.45) is -0.339. The Morgan fingerprint density at radius 1 is 0.473 bits per heavy atom. The van der Waals surface area contributed by atoms with E-state index in [0.717, 1.165) is 0 Å². The van der Waals surface area contributed by atoms with Crippen LogP contribution in [0.15, 0.2) is 110 Å². The van der Waals surface area contributed by atoms with Crippen LogP contribution in [-0.2, 0) is 23.7 Å². The number of hydrogen-bond donors (Lipinski definition) is 0. The van der Waals surface area contributed by atoms with E-state index in [1.54, 1.807) is 66.7 Å². The Hall–Kier alpha value is -6.62. The van der Waals surface area contributed by atoms with Gasteiger partial charge in [-0.2, -0.15) is 0 Å². The van der Waals surface area contributed by atoms with Crippen LogP contribution >= 0.6 is 0 Å². The molecule has 284 valence electrons. The van der Waals surface area contributed by atoms with Crippen LogP contribution in [0.1, 0.15) is 100.0 Å². The molecule has 0 radical (unpaired) electrons. The lowest BCUT2D eigenvalue weighted by Gasteiger charge is -2.32. The van der Waals surface area contributed by atoms with Crippen LogP contribution in [-0.4, -0.2) is 69.3 Å². The summed E-state index contributed by atoms with van der Waals surface area (Å²) in [6.45, 7) is 8.78. The molecule has 0 fully saturated rings. The monoisotopic (exact) mass is 746 g/mol. The molecule has 0 aliphatic rings. The molecule has 11 nitrogen and oxygen atoms in total. The van der Waals surface area contributed by atoms with E-state index in [1.807, 2.05) is 0 Å². The Labute approximate surface area is 319 Å². The van der Waals surface area contributed by atoms with Gasteiger partial charge in [0.15, 0.2) is 17.3 Å². The lowest BCUT2D eigenvalue weighted by atomic mass is 9.83. The molecule has 4 aromatic rings. The molecule has 0 aromatic heterocycles. The fourth-order valence-electron chi connectivity index (χ4n) is 5.77. The first-order valence-corrected chi connectivity index (χ1v) is 17.2. The van der Waals surface area contributed by atoms with Crippen molar-refractivity contribution in [2.24, 2.45) is 5.41 Å². The molecule has 0 bridgehead atoms. The summed E-state index contributed by atoms with van der Waals surface area (Å²) in [4.78, 5) is 79.5. The molecule has 11 heteroatoms. The van der Waals surface area contributed by atoms with Crippen molar-refractivity contribution in [3.8, 4) is 0 Å². The van der Waals surface area contributed by atoms with E-state index >= 15 is 0 Å². The highest BCUT2D eigenvalue weighted by Crippen LogP contribution is 2.31. The second kappa shape index (κ2) is 18.9. The van der Waals surface area contributed by atoms with Crippen molar-refractivity contribution >= 4 is 46.8 Å². The predicted octanol–water partition coefficient (Wildman–Crippen LogP) is 7.85. The Kier molecular flexibility index (Phi) is 14.2. The first-order chi connectivity index (χ1) is 26.3. The fourth-order valence-corrected chi connectivity index (χ4v) is 5.77. The van der Waals surface area contributed by atoms with Crippen LogP contribution in [0.3, 0.4) is 0 Å². The van der Waals surface area contributed by atoms with E-state index < -0.39 is 43.1 Å². The van der Waals surface area contributed by atoms with Gasteiger partial charge in [0, 0.05) is 34.2 Å². The molecule has 0 aliphatic carbocycles. The quantitative estimate of drug-likeness (QED) is 0.0400. The van der Waals surface area contributed by atoms with E-state index in [4.69, 9.17) is 23.7 Å². The minimum atomic E-state index is -1.55. The maximum absolute atomic E-state index is 13.9. The van der Waals surface area contributed by atoms with E-state index in [2.05, 4.69) is 13.2 Å². The molecule has 4 aromatic carbocycles.